The van der Waals surface area contributed by atoms with Crippen molar-refractivity contribution in [3.05, 3.63) is 47.5 Å². The summed E-state index contributed by atoms with van der Waals surface area (Å²) in [5, 5.41) is 2.87. The van der Waals surface area contributed by atoms with E-state index in [1.165, 1.54) is 22.9 Å². The van der Waals surface area contributed by atoms with E-state index in [0.717, 1.165) is 4.90 Å². The molecule has 0 unspecified atom stereocenters. The Bertz CT molecular complexity index is 678. The average Bonchev–Trinajstić information content (AvgIpc) is 2.55. The van der Waals surface area contributed by atoms with Crippen LogP contribution in [0.2, 0.25) is 0 Å². The Hall–Kier alpha value is -2.14. The maximum atomic E-state index is 12.1. The third kappa shape index (κ3) is 4.93. The molecule has 2 aromatic carbocycles. The quantitative estimate of drug-likeness (QED) is 0.811. The molecule has 0 saturated heterocycles. The Kier molecular flexibility index (Phi) is 5.93. The second kappa shape index (κ2) is 7.92. The van der Waals surface area contributed by atoms with Crippen molar-refractivity contribution in [3.8, 4) is 11.5 Å². The molecule has 0 aromatic heterocycles. The molecular formula is C18H21NO3S. The van der Waals surface area contributed by atoms with Gasteiger partial charge in [-0.25, -0.2) is 0 Å². The standard InChI is InChI=1S/C18H21NO3S/c1-12-5-6-17(7-13(12)2)23-11-18(20)19-14-8-15(21-3)10-16(9-14)22-4/h5-10H,11H2,1-4H3,(H,19,20). The summed E-state index contributed by atoms with van der Waals surface area (Å²) in [6.45, 7) is 4.15. The van der Waals surface area contributed by atoms with E-state index in [9.17, 15) is 4.79 Å². The number of anilines is 1. The molecule has 0 aliphatic carbocycles. The van der Waals surface area contributed by atoms with Gasteiger partial charge in [0, 0.05) is 28.8 Å². The maximum absolute atomic E-state index is 12.1. The van der Waals surface area contributed by atoms with Crippen molar-refractivity contribution in [1.82, 2.24) is 0 Å². The topological polar surface area (TPSA) is 47.6 Å². The number of hydrogen-bond acceptors (Lipinski definition) is 4. The number of benzene rings is 2. The van der Waals surface area contributed by atoms with Gasteiger partial charge in [0.05, 0.1) is 20.0 Å². The van der Waals surface area contributed by atoms with Crippen molar-refractivity contribution in [3.63, 3.8) is 0 Å². The van der Waals surface area contributed by atoms with Crippen molar-refractivity contribution < 1.29 is 14.3 Å². The van der Waals surface area contributed by atoms with Crippen molar-refractivity contribution in [2.45, 2.75) is 18.7 Å². The van der Waals surface area contributed by atoms with E-state index in [1.807, 2.05) is 6.07 Å². The van der Waals surface area contributed by atoms with Crippen LogP contribution in [-0.4, -0.2) is 25.9 Å². The summed E-state index contributed by atoms with van der Waals surface area (Å²) < 4.78 is 10.4. The van der Waals surface area contributed by atoms with Crippen LogP contribution in [0.5, 0.6) is 11.5 Å². The van der Waals surface area contributed by atoms with Crippen molar-refractivity contribution >= 4 is 23.4 Å². The second-order valence-corrected chi connectivity index (χ2v) is 6.23. The lowest BCUT2D eigenvalue weighted by molar-refractivity contribution is -0.113. The van der Waals surface area contributed by atoms with Gasteiger partial charge in [0.2, 0.25) is 5.91 Å². The van der Waals surface area contributed by atoms with Gasteiger partial charge in [0.25, 0.3) is 0 Å². The molecule has 4 nitrogen and oxygen atoms in total. The molecule has 0 saturated carbocycles. The molecule has 23 heavy (non-hydrogen) atoms. The molecule has 2 aromatic rings. The van der Waals surface area contributed by atoms with Crippen LogP contribution in [0, 0.1) is 13.8 Å². The summed E-state index contributed by atoms with van der Waals surface area (Å²) in [7, 11) is 3.16. The zero-order valence-corrected chi connectivity index (χ0v) is 14.6. The fourth-order valence-electron chi connectivity index (χ4n) is 2.03. The normalized spacial score (nSPS) is 10.3. The minimum Gasteiger partial charge on any atom is -0.497 e. The number of ether oxygens (including phenoxy) is 2. The lowest BCUT2D eigenvalue weighted by Gasteiger charge is -2.10. The van der Waals surface area contributed by atoms with Crippen LogP contribution >= 0.6 is 11.8 Å². The Morgan fingerprint density at radius 2 is 1.65 bits per heavy atom. The molecule has 0 aliphatic rings. The van der Waals surface area contributed by atoms with Gasteiger partial charge in [-0.3, -0.25) is 4.79 Å². The number of carbonyl (C=O) groups excluding carboxylic acids is 1. The number of carbonyl (C=O) groups is 1. The van der Waals surface area contributed by atoms with Crippen LogP contribution in [-0.2, 0) is 4.79 Å². The largest absolute Gasteiger partial charge is 0.497 e. The SMILES string of the molecule is COc1cc(NC(=O)CSc2ccc(C)c(C)c2)cc(OC)c1. The fourth-order valence-corrected chi connectivity index (χ4v) is 2.82. The first-order chi connectivity index (χ1) is 11.0. The fraction of sp³-hybridized carbons (Fsp3) is 0.278. The molecule has 2 rings (SSSR count). The maximum Gasteiger partial charge on any atom is 0.234 e. The van der Waals surface area contributed by atoms with Gasteiger partial charge < -0.3 is 14.8 Å². The summed E-state index contributed by atoms with van der Waals surface area (Å²) in [4.78, 5) is 13.2. The van der Waals surface area contributed by atoms with Gasteiger partial charge in [0.1, 0.15) is 11.5 Å². The van der Waals surface area contributed by atoms with Crippen LogP contribution in [0.15, 0.2) is 41.3 Å². The summed E-state index contributed by atoms with van der Waals surface area (Å²) in [6.07, 6.45) is 0. The first-order valence-corrected chi connectivity index (χ1v) is 8.23. The zero-order chi connectivity index (χ0) is 16.8. The van der Waals surface area contributed by atoms with Gasteiger partial charge in [-0.2, -0.15) is 0 Å². The Morgan fingerprint density at radius 3 is 2.22 bits per heavy atom. The number of methoxy groups -OCH3 is 2. The summed E-state index contributed by atoms with van der Waals surface area (Å²) >= 11 is 1.52. The Labute approximate surface area is 141 Å². The van der Waals surface area contributed by atoms with Crippen molar-refractivity contribution in [2.75, 3.05) is 25.3 Å². The van der Waals surface area contributed by atoms with E-state index in [0.29, 0.717) is 22.9 Å². The van der Waals surface area contributed by atoms with E-state index in [-0.39, 0.29) is 5.91 Å². The first kappa shape index (κ1) is 17.2. The average molecular weight is 331 g/mol. The molecule has 0 bridgehead atoms. The molecule has 0 spiro atoms. The Morgan fingerprint density at radius 1 is 1.00 bits per heavy atom. The van der Waals surface area contributed by atoms with Crippen LogP contribution in [0.25, 0.3) is 0 Å². The molecular weight excluding hydrogens is 310 g/mol. The molecule has 0 aliphatic heterocycles. The van der Waals surface area contributed by atoms with Gasteiger partial charge in [-0.05, 0) is 37.1 Å². The highest BCUT2D eigenvalue weighted by Gasteiger charge is 2.07. The molecule has 122 valence electrons. The molecule has 5 heteroatoms. The number of aryl methyl sites for hydroxylation is 2. The molecule has 0 heterocycles. The van der Waals surface area contributed by atoms with Crippen molar-refractivity contribution in [2.24, 2.45) is 0 Å². The van der Waals surface area contributed by atoms with E-state index in [1.54, 1.807) is 32.4 Å². The minimum atomic E-state index is -0.0662. The van der Waals surface area contributed by atoms with Gasteiger partial charge in [-0.1, -0.05) is 6.07 Å². The van der Waals surface area contributed by atoms with Gasteiger partial charge >= 0.3 is 0 Å². The number of amides is 1. The zero-order valence-electron chi connectivity index (χ0n) is 13.8. The number of hydrogen-bond donors (Lipinski definition) is 1. The van der Waals surface area contributed by atoms with E-state index >= 15 is 0 Å². The molecule has 1 amide bonds. The molecule has 0 fully saturated rings. The predicted molar refractivity (Wildman–Crippen MR) is 94.8 cm³/mol. The summed E-state index contributed by atoms with van der Waals surface area (Å²) in [6, 6.07) is 11.5. The van der Waals surface area contributed by atoms with Gasteiger partial charge in [-0.15, -0.1) is 11.8 Å². The second-order valence-electron chi connectivity index (χ2n) is 5.18. The van der Waals surface area contributed by atoms with Crippen LogP contribution in [0.3, 0.4) is 0 Å². The van der Waals surface area contributed by atoms with Crippen LogP contribution < -0.4 is 14.8 Å². The molecule has 0 atom stereocenters. The van der Waals surface area contributed by atoms with Crippen LogP contribution in [0.4, 0.5) is 5.69 Å². The highest BCUT2D eigenvalue weighted by atomic mass is 32.2. The highest BCUT2D eigenvalue weighted by Crippen LogP contribution is 2.26. The molecule has 1 N–H and O–H groups in total. The number of thioether (sulfide) groups is 1. The highest BCUT2D eigenvalue weighted by molar-refractivity contribution is 8.00. The predicted octanol–water partition coefficient (Wildman–Crippen LogP) is 4.05. The lowest BCUT2D eigenvalue weighted by Crippen LogP contribution is -2.14. The third-order valence-corrected chi connectivity index (χ3v) is 4.48. The minimum absolute atomic E-state index is 0.0662. The van der Waals surface area contributed by atoms with Crippen molar-refractivity contribution in [1.29, 1.82) is 0 Å². The Balaban J connectivity index is 1.97. The lowest BCUT2D eigenvalue weighted by atomic mass is 10.1. The smallest absolute Gasteiger partial charge is 0.234 e. The monoisotopic (exact) mass is 331 g/mol. The van der Waals surface area contributed by atoms with E-state index < -0.39 is 0 Å². The first-order valence-electron chi connectivity index (χ1n) is 7.25. The molecule has 0 radical (unpaired) electrons. The van der Waals surface area contributed by atoms with Gasteiger partial charge in [0.15, 0.2) is 0 Å². The van der Waals surface area contributed by atoms with Crippen LogP contribution in [0.1, 0.15) is 11.1 Å². The summed E-state index contributed by atoms with van der Waals surface area (Å²) in [5.41, 5.74) is 3.14. The summed E-state index contributed by atoms with van der Waals surface area (Å²) in [5.74, 6) is 1.56. The third-order valence-electron chi connectivity index (χ3n) is 3.48. The van der Waals surface area contributed by atoms with E-state index in [4.69, 9.17) is 9.47 Å². The van der Waals surface area contributed by atoms with E-state index in [2.05, 4.69) is 31.3 Å². The number of rotatable bonds is 6. The number of nitrogens with one attached hydrogen (secondary N) is 1.